The standard InChI is InChI=1S/C15H14F2N2O2/c16-10-4-5-13(14(17)8-10)15(20)19-11-2-1-3-12(9-11)21-7-6-18/h1-5,8-9H,6-7,18H2,(H,19,20). The van der Waals surface area contributed by atoms with Crippen molar-refractivity contribution in [2.45, 2.75) is 0 Å². The Balaban J connectivity index is 2.12. The first-order chi connectivity index (χ1) is 10.1. The van der Waals surface area contributed by atoms with Crippen LogP contribution in [0.25, 0.3) is 0 Å². The maximum absolute atomic E-state index is 13.5. The quantitative estimate of drug-likeness (QED) is 0.890. The third kappa shape index (κ3) is 4.00. The van der Waals surface area contributed by atoms with Gasteiger partial charge in [0.15, 0.2) is 0 Å². The Morgan fingerprint density at radius 1 is 1.19 bits per heavy atom. The first-order valence-electron chi connectivity index (χ1n) is 6.29. The molecular weight excluding hydrogens is 278 g/mol. The molecule has 0 saturated heterocycles. The molecule has 0 aliphatic rings. The molecule has 1 amide bonds. The topological polar surface area (TPSA) is 64.3 Å². The summed E-state index contributed by atoms with van der Waals surface area (Å²) in [6.07, 6.45) is 0. The summed E-state index contributed by atoms with van der Waals surface area (Å²) >= 11 is 0. The molecule has 21 heavy (non-hydrogen) atoms. The van der Waals surface area contributed by atoms with Gasteiger partial charge >= 0.3 is 0 Å². The van der Waals surface area contributed by atoms with E-state index in [0.29, 0.717) is 30.7 Å². The Morgan fingerprint density at radius 2 is 2.00 bits per heavy atom. The van der Waals surface area contributed by atoms with Crippen LogP contribution < -0.4 is 15.8 Å². The number of carbonyl (C=O) groups excluding carboxylic acids is 1. The number of halogens is 2. The van der Waals surface area contributed by atoms with Gasteiger partial charge in [-0.25, -0.2) is 8.78 Å². The van der Waals surface area contributed by atoms with Crippen LogP contribution in [0.5, 0.6) is 5.75 Å². The lowest BCUT2D eigenvalue weighted by atomic mass is 10.2. The van der Waals surface area contributed by atoms with Gasteiger partial charge in [0.25, 0.3) is 5.91 Å². The third-order valence-corrected chi connectivity index (χ3v) is 2.65. The summed E-state index contributed by atoms with van der Waals surface area (Å²) in [7, 11) is 0. The van der Waals surface area contributed by atoms with E-state index in [9.17, 15) is 13.6 Å². The third-order valence-electron chi connectivity index (χ3n) is 2.65. The molecule has 4 nitrogen and oxygen atoms in total. The molecule has 2 rings (SSSR count). The summed E-state index contributed by atoms with van der Waals surface area (Å²) in [6.45, 7) is 0.724. The lowest BCUT2D eigenvalue weighted by molar-refractivity contribution is 0.102. The molecule has 110 valence electrons. The van der Waals surface area contributed by atoms with E-state index >= 15 is 0 Å². The van der Waals surface area contributed by atoms with E-state index in [1.54, 1.807) is 24.3 Å². The fourth-order valence-electron chi connectivity index (χ4n) is 1.71. The number of ether oxygens (including phenoxy) is 1. The Hall–Kier alpha value is -2.47. The van der Waals surface area contributed by atoms with Crippen LogP contribution in [0.1, 0.15) is 10.4 Å². The van der Waals surface area contributed by atoms with E-state index in [1.807, 2.05) is 0 Å². The predicted octanol–water partition coefficient (Wildman–Crippen LogP) is 2.55. The largest absolute Gasteiger partial charge is 0.492 e. The lowest BCUT2D eigenvalue weighted by Crippen LogP contribution is -2.14. The fraction of sp³-hybridized carbons (Fsp3) is 0.133. The highest BCUT2D eigenvalue weighted by Gasteiger charge is 2.12. The Morgan fingerprint density at radius 3 is 2.71 bits per heavy atom. The molecule has 3 N–H and O–H groups in total. The SMILES string of the molecule is NCCOc1cccc(NC(=O)c2ccc(F)cc2F)c1. The minimum atomic E-state index is -0.914. The van der Waals surface area contributed by atoms with Crippen molar-refractivity contribution in [1.29, 1.82) is 0 Å². The van der Waals surface area contributed by atoms with Crippen molar-refractivity contribution in [3.8, 4) is 5.75 Å². The number of anilines is 1. The average molecular weight is 292 g/mol. The molecule has 6 heteroatoms. The number of carbonyl (C=O) groups is 1. The Bertz CT molecular complexity index is 647. The van der Waals surface area contributed by atoms with Gasteiger partial charge in [0.05, 0.1) is 5.56 Å². The number of nitrogens with one attached hydrogen (secondary N) is 1. The second-order valence-electron chi connectivity index (χ2n) is 4.24. The maximum Gasteiger partial charge on any atom is 0.258 e. The average Bonchev–Trinajstić information content (AvgIpc) is 2.45. The van der Waals surface area contributed by atoms with Crippen molar-refractivity contribution in [2.24, 2.45) is 5.73 Å². The molecule has 0 aliphatic carbocycles. The molecule has 0 heterocycles. The van der Waals surface area contributed by atoms with Gasteiger partial charge in [0.1, 0.15) is 24.0 Å². The van der Waals surface area contributed by atoms with E-state index in [-0.39, 0.29) is 5.56 Å². The number of amides is 1. The molecule has 0 aromatic heterocycles. The molecule has 0 bridgehead atoms. The van der Waals surface area contributed by atoms with E-state index < -0.39 is 17.5 Å². The van der Waals surface area contributed by atoms with Crippen LogP contribution in [0.15, 0.2) is 42.5 Å². The first-order valence-corrected chi connectivity index (χ1v) is 6.29. The summed E-state index contributed by atoms with van der Waals surface area (Å²) in [4.78, 5) is 11.9. The number of nitrogens with two attached hydrogens (primary N) is 1. The van der Waals surface area contributed by atoms with Crippen LogP contribution in [0.4, 0.5) is 14.5 Å². The van der Waals surface area contributed by atoms with Gasteiger partial charge in [-0.05, 0) is 24.3 Å². The van der Waals surface area contributed by atoms with Gasteiger partial charge in [0, 0.05) is 24.4 Å². The van der Waals surface area contributed by atoms with Crippen molar-refractivity contribution in [3.05, 3.63) is 59.7 Å². The van der Waals surface area contributed by atoms with Crippen molar-refractivity contribution >= 4 is 11.6 Å². The minimum absolute atomic E-state index is 0.232. The molecular formula is C15H14F2N2O2. The van der Waals surface area contributed by atoms with Gasteiger partial charge in [-0.2, -0.15) is 0 Å². The zero-order chi connectivity index (χ0) is 15.2. The van der Waals surface area contributed by atoms with Crippen LogP contribution in [0.3, 0.4) is 0 Å². The Kier molecular flexibility index (Phi) is 4.84. The summed E-state index contributed by atoms with van der Waals surface area (Å²) in [6, 6.07) is 9.40. The highest BCUT2D eigenvalue weighted by molar-refractivity contribution is 6.04. The van der Waals surface area contributed by atoms with Crippen LogP contribution in [0, 0.1) is 11.6 Å². The number of rotatable bonds is 5. The van der Waals surface area contributed by atoms with Crippen molar-refractivity contribution in [3.63, 3.8) is 0 Å². The zero-order valence-electron chi connectivity index (χ0n) is 11.1. The monoisotopic (exact) mass is 292 g/mol. The van der Waals surface area contributed by atoms with E-state index in [0.717, 1.165) is 12.1 Å². The van der Waals surface area contributed by atoms with E-state index in [4.69, 9.17) is 10.5 Å². The van der Waals surface area contributed by atoms with Gasteiger partial charge < -0.3 is 15.8 Å². The first kappa shape index (κ1) is 14.9. The molecule has 2 aromatic carbocycles. The number of benzene rings is 2. The van der Waals surface area contributed by atoms with Crippen molar-refractivity contribution < 1.29 is 18.3 Å². The molecule has 0 spiro atoms. The summed E-state index contributed by atoms with van der Waals surface area (Å²) in [5.41, 5.74) is 5.54. The number of hydrogen-bond donors (Lipinski definition) is 2. The summed E-state index contributed by atoms with van der Waals surface area (Å²) < 4.78 is 31.6. The highest BCUT2D eigenvalue weighted by atomic mass is 19.1. The molecule has 0 atom stereocenters. The lowest BCUT2D eigenvalue weighted by Gasteiger charge is -2.09. The smallest absolute Gasteiger partial charge is 0.258 e. The zero-order valence-corrected chi connectivity index (χ0v) is 11.1. The second-order valence-corrected chi connectivity index (χ2v) is 4.24. The van der Waals surface area contributed by atoms with Crippen LogP contribution in [-0.2, 0) is 0 Å². The van der Waals surface area contributed by atoms with Crippen LogP contribution >= 0.6 is 0 Å². The van der Waals surface area contributed by atoms with Crippen molar-refractivity contribution in [2.75, 3.05) is 18.5 Å². The summed E-state index contributed by atoms with van der Waals surface area (Å²) in [5, 5.41) is 2.52. The molecule has 0 saturated carbocycles. The minimum Gasteiger partial charge on any atom is -0.492 e. The highest BCUT2D eigenvalue weighted by Crippen LogP contribution is 2.19. The Labute approximate surface area is 120 Å². The van der Waals surface area contributed by atoms with Gasteiger partial charge in [-0.1, -0.05) is 6.07 Å². The molecule has 2 aromatic rings. The molecule has 0 unspecified atom stereocenters. The van der Waals surface area contributed by atoms with E-state index in [2.05, 4.69) is 5.32 Å². The van der Waals surface area contributed by atoms with Crippen LogP contribution in [0.2, 0.25) is 0 Å². The molecule has 0 aliphatic heterocycles. The van der Waals surface area contributed by atoms with Gasteiger partial charge in [-0.3, -0.25) is 4.79 Å². The van der Waals surface area contributed by atoms with Gasteiger partial charge in [0.2, 0.25) is 0 Å². The fourth-order valence-corrected chi connectivity index (χ4v) is 1.71. The number of hydrogen-bond acceptors (Lipinski definition) is 3. The summed E-state index contributed by atoms with van der Waals surface area (Å²) in [5.74, 6) is -1.77. The predicted molar refractivity (Wildman–Crippen MR) is 75.3 cm³/mol. The van der Waals surface area contributed by atoms with Crippen molar-refractivity contribution in [1.82, 2.24) is 0 Å². The normalized spacial score (nSPS) is 10.2. The molecule has 0 radical (unpaired) electrons. The maximum atomic E-state index is 13.5. The van der Waals surface area contributed by atoms with E-state index in [1.165, 1.54) is 0 Å². The van der Waals surface area contributed by atoms with Gasteiger partial charge in [-0.15, -0.1) is 0 Å². The van der Waals surface area contributed by atoms with Crippen LogP contribution in [-0.4, -0.2) is 19.1 Å². The second kappa shape index (κ2) is 6.81. The molecule has 0 fully saturated rings.